The summed E-state index contributed by atoms with van der Waals surface area (Å²) in [5.74, 6) is -0.711. The van der Waals surface area contributed by atoms with Gasteiger partial charge in [0.2, 0.25) is 0 Å². The average molecular weight is 208 g/mol. The number of aromatic nitrogens is 2. The molecule has 15 heavy (non-hydrogen) atoms. The maximum Gasteiger partial charge on any atom is 0.314 e. The number of carbonyl (C=O) groups is 1. The van der Waals surface area contributed by atoms with Gasteiger partial charge in [-0.15, -0.1) is 0 Å². The molecule has 0 atom stereocenters. The van der Waals surface area contributed by atoms with E-state index in [0.717, 1.165) is 24.8 Å². The molecule has 1 aliphatic rings. The van der Waals surface area contributed by atoms with Gasteiger partial charge in [-0.3, -0.25) is 9.48 Å². The summed E-state index contributed by atoms with van der Waals surface area (Å²) in [4.78, 5) is 11.2. The van der Waals surface area contributed by atoms with Crippen LogP contribution in [0.4, 0.5) is 0 Å². The Balaban J connectivity index is 2.32. The molecule has 82 valence electrons. The second kappa shape index (κ2) is 3.36. The minimum absolute atomic E-state index is 0.282. The van der Waals surface area contributed by atoms with E-state index in [1.807, 2.05) is 24.7 Å². The van der Waals surface area contributed by atoms with Crippen LogP contribution < -0.4 is 0 Å². The van der Waals surface area contributed by atoms with E-state index in [2.05, 4.69) is 5.10 Å². The molecule has 1 aromatic heterocycles. The van der Waals surface area contributed by atoms with E-state index in [-0.39, 0.29) is 6.04 Å². The quantitative estimate of drug-likeness (QED) is 0.826. The van der Waals surface area contributed by atoms with Crippen molar-refractivity contribution in [3.05, 3.63) is 18.0 Å². The number of carboxylic acid groups (broad SMARTS) is 1. The number of nitrogens with zero attached hydrogens (tertiary/aromatic N) is 2. The van der Waals surface area contributed by atoms with Crippen LogP contribution >= 0.6 is 0 Å². The first kappa shape index (κ1) is 10.2. The van der Waals surface area contributed by atoms with Crippen LogP contribution in [0.15, 0.2) is 12.4 Å². The first-order valence-electron chi connectivity index (χ1n) is 5.34. The summed E-state index contributed by atoms with van der Waals surface area (Å²) in [6.07, 6.45) is 6.06. The number of carboxylic acids is 1. The van der Waals surface area contributed by atoms with Gasteiger partial charge >= 0.3 is 5.97 Å². The SMILES string of the molecule is CC(C)n1cc(C2(C(=O)O)CCC2)cn1. The van der Waals surface area contributed by atoms with Gasteiger partial charge in [0.1, 0.15) is 0 Å². The first-order valence-corrected chi connectivity index (χ1v) is 5.34. The summed E-state index contributed by atoms with van der Waals surface area (Å²) in [6, 6.07) is 0.282. The Labute approximate surface area is 88.9 Å². The van der Waals surface area contributed by atoms with E-state index < -0.39 is 11.4 Å². The Morgan fingerprint density at radius 3 is 2.60 bits per heavy atom. The fraction of sp³-hybridized carbons (Fsp3) is 0.636. The smallest absolute Gasteiger partial charge is 0.314 e. The Morgan fingerprint density at radius 1 is 1.60 bits per heavy atom. The van der Waals surface area contributed by atoms with Crippen LogP contribution in [0, 0.1) is 0 Å². The van der Waals surface area contributed by atoms with Gasteiger partial charge in [-0.25, -0.2) is 0 Å². The predicted octanol–water partition coefficient (Wildman–Crippen LogP) is 1.97. The predicted molar refractivity (Wildman–Crippen MR) is 55.8 cm³/mol. The standard InChI is InChI=1S/C11H16N2O2/c1-8(2)13-7-9(6-12-13)11(10(14)15)4-3-5-11/h6-8H,3-5H2,1-2H3,(H,14,15). The largest absolute Gasteiger partial charge is 0.481 e. The Kier molecular flexibility index (Phi) is 2.29. The van der Waals surface area contributed by atoms with Crippen LogP contribution in [0.25, 0.3) is 0 Å². The highest BCUT2D eigenvalue weighted by Gasteiger charge is 2.46. The number of hydrogen-bond acceptors (Lipinski definition) is 2. The average Bonchev–Trinajstić information content (AvgIpc) is 2.50. The van der Waals surface area contributed by atoms with E-state index in [4.69, 9.17) is 0 Å². The molecule has 0 aliphatic heterocycles. The van der Waals surface area contributed by atoms with Crippen LogP contribution in [-0.4, -0.2) is 20.9 Å². The van der Waals surface area contributed by atoms with Crippen LogP contribution in [0.5, 0.6) is 0 Å². The zero-order valence-electron chi connectivity index (χ0n) is 9.10. The molecule has 0 unspecified atom stereocenters. The lowest BCUT2D eigenvalue weighted by atomic mass is 9.65. The van der Waals surface area contributed by atoms with Gasteiger partial charge in [-0.1, -0.05) is 6.42 Å². The van der Waals surface area contributed by atoms with Crippen LogP contribution in [0.2, 0.25) is 0 Å². The summed E-state index contributed by atoms with van der Waals surface area (Å²) < 4.78 is 1.82. The van der Waals surface area contributed by atoms with Crippen molar-refractivity contribution < 1.29 is 9.90 Å². The van der Waals surface area contributed by atoms with Crippen molar-refractivity contribution in [2.24, 2.45) is 0 Å². The number of aliphatic carboxylic acids is 1. The molecule has 0 saturated heterocycles. The van der Waals surface area contributed by atoms with Crippen molar-refractivity contribution >= 4 is 5.97 Å². The molecular formula is C11H16N2O2. The van der Waals surface area contributed by atoms with Crippen LogP contribution in [0.1, 0.15) is 44.7 Å². The van der Waals surface area contributed by atoms with E-state index in [1.165, 1.54) is 0 Å². The highest BCUT2D eigenvalue weighted by atomic mass is 16.4. The second-order valence-electron chi connectivity index (χ2n) is 4.54. The molecule has 0 amide bonds. The molecule has 0 radical (unpaired) electrons. The number of rotatable bonds is 3. The summed E-state index contributed by atoms with van der Waals surface area (Å²) >= 11 is 0. The topological polar surface area (TPSA) is 55.1 Å². The molecule has 4 heteroatoms. The van der Waals surface area contributed by atoms with Gasteiger partial charge in [0.25, 0.3) is 0 Å². The van der Waals surface area contributed by atoms with E-state index in [0.29, 0.717) is 0 Å². The molecule has 1 fully saturated rings. The molecule has 1 saturated carbocycles. The Hall–Kier alpha value is -1.32. The lowest BCUT2D eigenvalue weighted by molar-refractivity contribution is -0.147. The van der Waals surface area contributed by atoms with E-state index >= 15 is 0 Å². The van der Waals surface area contributed by atoms with Gasteiger partial charge < -0.3 is 5.11 Å². The molecule has 1 aliphatic carbocycles. The lowest BCUT2D eigenvalue weighted by Gasteiger charge is -2.36. The molecule has 0 bridgehead atoms. The van der Waals surface area contributed by atoms with Crippen LogP contribution in [0.3, 0.4) is 0 Å². The van der Waals surface area contributed by atoms with Crippen molar-refractivity contribution in [1.82, 2.24) is 9.78 Å². The molecule has 1 N–H and O–H groups in total. The van der Waals surface area contributed by atoms with Crippen molar-refractivity contribution in [1.29, 1.82) is 0 Å². The third-order valence-corrected chi connectivity index (χ3v) is 3.30. The van der Waals surface area contributed by atoms with Gasteiger partial charge in [0.05, 0.1) is 11.6 Å². The second-order valence-corrected chi connectivity index (χ2v) is 4.54. The molecule has 0 aromatic carbocycles. The molecule has 2 rings (SSSR count). The van der Waals surface area contributed by atoms with Crippen LogP contribution in [-0.2, 0) is 10.2 Å². The summed E-state index contributed by atoms with van der Waals surface area (Å²) in [5.41, 5.74) is 0.211. The monoisotopic (exact) mass is 208 g/mol. The highest BCUT2D eigenvalue weighted by molar-refractivity contribution is 5.82. The van der Waals surface area contributed by atoms with Gasteiger partial charge in [0, 0.05) is 17.8 Å². The molecule has 0 spiro atoms. The summed E-state index contributed by atoms with van der Waals surface area (Å²) in [7, 11) is 0. The highest BCUT2D eigenvalue weighted by Crippen LogP contribution is 2.43. The summed E-state index contributed by atoms with van der Waals surface area (Å²) in [5, 5.41) is 13.4. The molecule has 1 aromatic rings. The summed E-state index contributed by atoms with van der Waals surface area (Å²) in [6.45, 7) is 4.07. The lowest BCUT2D eigenvalue weighted by Crippen LogP contribution is -2.42. The van der Waals surface area contributed by atoms with Crippen molar-refractivity contribution in [2.45, 2.75) is 44.6 Å². The minimum atomic E-state index is -0.711. The fourth-order valence-electron chi connectivity index (χ4n) is 2.02. The minimum Gasteiger partial charge on any atom is -0.481 e. The van der Waals surface area contributed by atoms with Crippen molar-refractivity contribution in [3.8, 4) is 0 Å². The Morgan fingerprint density at radius 2 is 2.27 bits per heavy atom. The third-order valence-electron chi connectivity index (χ3n) is 3.30. The Bertz CT molecular complexity index is 378. The van der Waals surface area contributed by atoms with E-state index in [1.54, 1.807) is 6.20 Å². The zero-order valence-corrected chi connectivity index (χ0v) is 9.10. The third kappa shape index (κ3) is 1.44. The van der Waals surface area contributed by atoms with Gasteiger partial charge in [-0.2, -0.15) is 5.10 Å². The number of hydrogen-bond donors (Lipinski definition) is 1. The molecular weight excluding hydrogens is 192 g/mol. The fourth-order valence-corrected chi connectivity index (χ4v) is 2.02. The van der Waals surface area contributed by atoms with Crippen molar-refractivity contribution in [3.63, 3.8) is 0 Å². The van der Waals surface area contributed by atoms with Gasteiger partial charge in [-0.05, 0) is 26.7 Å². The molecule has 1 heterocycles. The van der Waals surface area contributed by atoms with Gasteiger partial charge in [0.15, 0.2) is 0 Å². The maximum atomic E-state index is 11.2. The first-order chi connectivity index (χ1) is 7.06. The zero-order chi connectivity index (χ0) is 11.1. The van der Waals surface area contributed by atoms with E-state index in [9.17, 15) is 9.90 Å². The molecule has 4 nitrogen and oxygen atoms in total. The van der Waals surface area contributed by atoms with Crippen molar-refractivity contribution in [2.75, 3.05) is 0 Å². The normalized spacial score (nSPS) is 18.9. The maximum absolute atomic E-state index is 11.2.